The summed E-state index contributed by atoms with van der Waals surface area (Å²) >= 11 is 8.92. The number of nitro groups is 1. The third kappa shape index (κ3) is 6.86. The second-order valence-corrected chi connectivity index (χ2v) is 9.59. The summed E-state index contributed by atoms with van der Waals surface area (Å²) in [5.41, 5.74) is 1.97. The summed E-state index contributed by atoms with van der Waals surface area (Å²) in [7, 11) is 0. The standard InChI is InChI=1S/C23H14Br2IN3O4/c24-17-2-1-3-18(11-17)28-23(30)16(12-27)8-15-9-20(25)22(21(26)10-15)33-13-14-4-6-19(7-5-14)29(31)32/h1-11H,13H2,(H,28,30)/b16-8-. The van der Waals surface area contributed by atoms with Gasteiger partial charge in [0, 0.05) is 22.3 Å². The van der Waals surface area contributed by atoms with E-state index in [2.05, 4.69) is 59.8 Å². The highest BCUT2D eigenvalue weighted by Crippen LogP contribution is 2.33. The fourth-order valence-electron chi connectivity index (χ4n) is 2.75. The number of nitro benzene ring substituents is 1. The first-order valence-electron chi connectivity index (χ1n) is 9.30. The number of amides is 1. The van der Waals surface area contributed by atoms with Crippen molar-refractivity contribution in [2.45, 2.75) is 6.61 Å². The van der Waals surface area contributed by atoms with Crippen LogP contribution in [0.2, 0.25) is 0 Å². The lowest BCUT2D eigenvalue weighted by Crippen LogP contribution is -2.13. The average Bonchev–Trinajstić information content (AvgIpc) is 2.77. The van der Waals surface area contributed by atoms with E-state index in [0.29, 0.717) is 21.5 Å². The van der Waals surface area contributed by atoms with Crippen molar-refractivity contribution in [1.29, 1.82) is 5.26 Å². The summed E-state index contributed by atoms with van der Waals surface area (Å²) in [6.07, 6.45) is 1.50. The van der Waals surface area contributed by atoms with Crippen LogP contribution in [0.4, 0.5) is 11.4 Å². The number of ether oxygens (including phenoxy) is 1. The topological polar surface area (TPSA) is 105 Å². The van der Waals surface area contributed by atoms with E-state index in [9.17, 15) is 20.2 Å². The van der Waals surface area contributed by atoms with Crippen LogP contribution in [0.25, 0.3) is 6.08 Å². The number of hydrogen-bond acceptors (Lipinski definition) is 5. The van der Waals surface area contributed by atoms with Gasteiger partial charge in [-0.3, -0.25) is 14.9 Å². The molecule has 0 spiro atoms. The monoisotopic (exact) mass is 681 g/mol. The zero-order valence-electron chi connectivity index (χ0n) is 16.7. The maximum atomic E-state index is 12.5. The largest absolute Gasteiger partial charge is 0.487 e. The van der Waals surface area contributed by atoms with Crippen LogP contribution in [0, 0.1) is 25.0 Å². The van der Waals surface area contributed by atoms with Crippen molar-refractivity contribution in [1.82, 2.24) is 0 Å². The maximum absolute atomic E-state index is 12.5. The van der Waals surface area contributed by atoms with Gasteiger partial charge in [-0.15, -0.1) is 0 Å². The van der Waals surface area contributed by atoms with Crippen molar-refractivity contribution in [2.24, 2.45) is 0 Å². The van der Waals surface area contributed by atoms with Gasteiger partial charge in [-0.25, -0.2) is 0 Å². The Kier molecular flexibility index (Phi) is 8.60. The molecule has 0 aliphatic rings. The first-order chi connectivity index (χ1) is 15.8. The molecule has 0 atom stereocenters. The van der Waals surface area contributed by atoms with Crippen LogP contribution in [-0.2, 0) is 11.4 Å². The average molecular weight is 683 g/mol. The second kappa shape index (κ2) is 11.4. The molecule has 0 unspecified atom stereocenters. The van der Waals surface area contributed by atoms with Gasteiger partial charge in [0.2, 0.25) is 0 Å². The van der Waals surface area contributed by atoms with Gasteiger partial charge in [0.05, 0.1) is 13.0 Å². The molecule has 0 saturated carbocycles. The summed E-state index contributed by atoms with van der Waals surface area (Å²) in [5, 5.41) is 23.0. The molecule has 0 fully saturated rings. The number of nitrogens with one attached hydrogen (secondary N) is 1. The minimum absolute atomic E-state index is 0.0166. The Morgan fingerprint density at radius 3 is 2.52 bits per heavy atom. The van der Waals surface area contributed by atoms with Crippen LogP contribution in [-0.4, -0.2) is 10.8 Å². The summed E-state index contributed by atoms with van der Waals surface area (Å²) < 4.78 is 8.10. The third-order valence-corrected chi connectivity index (χ3v) is 6.19. The van der Waals surface area contributed by atoms with Gasteiger partial charge in [-0.05, 0) is 98.2 Å². The molecule has 0 aliphatic heterocycles. The van der Waals surface area contributed by atoms with E-state index in [1.165, 1.54) is 18.2 Å². The van der Waals surface area contributed by atoms with E-state index in [1.807, 2.05) is 12.1 Å². The van der Waals surface area contributed by atoms with Crippen molar-refractivity contribution in [2.75, 3.05) is 5.32 Å². The fourth-order valence-corrected chi connectivity index (χ4v) is 4.92. The van der Waals surface area contributed by atoms with Gasteiger partial charge in [0.15, 0.2) is 0 Å². The van der Waals surface area contributed by atoms with E-state index < -0.39 is 10.8 Å². The molecular formula is C23H14Br2IN3O4. The van der Waals surface area contributed by atoms with Gasteiger partial charge < -0.3 is 10.1 Å². The van der Waals surface area contributed by atoms with Crippen LogP contribution in [0.3, 0.4) is 0 Å². The second-order valence-electron chi connectivity index (χ2n) is 6.66. The first-order valence-corrected chi connectivity index (χ1v) is 12.0. The lowest BCUT2D eigenvalue weighted by molar-refractivity contribution is -0.384. The normalized spacial score (nSPS) is 10.9. The van der Waals surface area contributed by atoms with Gasteiger partial charge in [-0.1, -0.05) is 22.0 Å². The predicted molar refractivity (Wildman–Crippen MR) is 141 cm³/mol. The number of hydrogen-bond donors (Lipinski definition) is 1. The molecule has 10 heteroatoms. The minimum Gasteiger partial charge on any atom is -0.487 e. The number of halogens is 3. The highest BCUT2D eigenvalue weighted by Gasteiger charge is 2.13. The van der Waals surface area contributed by atoms with E-state index in [0.717, 1.165) is 13.6 Å². The molecule has 166 valence electrons. The summed E-state index contributed by atoms with van der Waals surface area (Å²) in [6.45, 7) is 0.222. The Morgan fingerprint density at radius 2 is 1.91 bits per heavy atom. The molecule has 3 aromatic carbocycles. The van der Waals surface area contributed by atoms with Crippen LogP contribution in [0.15, 0.2) is 75.2 Å². The smallest absolute Gasteiger partial charge is 0.269 e. The molecule has 33 heavy (non-hydrogen) atoms. The molecule has 3 aromatic rings. The number of nitrogens with zero attached hydrogens (tertiary/aromatic N) is 2. The van der Waals surface area contributed by atoms with E-state index >= 15 is 0 Å². The number of carbonyl (C=O) groups is 1. The molecule has 0 aliphatic carbocycles. The Bertz CT molecular complexity index is 1260. The molecule has 1 N–H and O–H groups in total. The Morgan fingerprint density at radius 1 is 1.18 bits per heavy atom. The highest BCUT2D eigenvalue weighted by atomic mass is 127. The molecular weight excluding hydrogens is 669 g/mol. The zero-order valence-corrected chi connectivity index (χ0v) is 22.0. The number of carbonyl (C=O) groups excluding carboxylic acids is 1. The molecule has 0 aromatic heterocycles. The van der Waals surface area contributed by atoms with Gasteiger partial charge in [0.25, 0.3) is 11.6 Å². The van der Waals surface area contributed by atoms with E-state index in [1.54, 1.807) is 42.5 Å². The van der Waals surface area contributed by atoms with Gasteiger partial charge in [0.1, 0.15) is 24.0 Å². The number of anilines is 1. The number of non-ortho nitro benzene ring substituents is 1. The lowest BCUT2D eigenvalue weighted by Gasteiger charge is -2.12. The van der Waals surface area contributed by atoms with Crippen molar-refractivity contribution >= 4 is 77.8 Å². The predicted octanol–water partition coefficient (Wildman–Crippen LogP) is 6.85. The molecule has 3 rings (SSSR count). The quantitative estimate of drug-likeness (QED) is 0.0965. The van der Waals surface area contributed by atoms with Crippen molar-refractivity contribution in [3.63, 3.8) is 0 Å². The number of nitriles is 1. The van der Waals surface area contributed by atoms with E-state index in [-0.39, 0.29) is 17.9 Å². The zero-order chi connectivity index (χ0) is 24.0. The van der Waals surface area contributed by atoms with E-state index in [4.69, 9.17) is 4.74 Å². The Hall–Kier alpha value is -2.75. The maximum Gasteiger partial charge on any atom is 0.269 e. The lowest BCUT2D eigenvalue weighted by atomic mass is 10.1. The molecule has 0 heterocycles. The highest BCUT2D eigenvalue weighted by molar-refractivity contribution is 14.1. The molecule has 0 radical (unpaired) electrons. The van der Waals surface area contributed by atoms with Crippen LogP contribution >= 0.6 is 54.5 Å². The van der Waals surface area contributed by atoms with Crippen LogP contribution in [0.5, 0.6) is 5.75 Å². The number of rotatable bonds is 7. The third-order valence-electron chi connectivity index (χ3n) is 4.31. The summed E-state index contributed by atoms with van der Waals surface area (Å²) in [4.78, 5) is 22.8. The SMILES string of the molecule is N#C/C(=C/c1cc(Br)c(OCc2ccc([N+](=O)[O-])cc2)c(I)c1)C(=O)Nc1cccc(Br)c1. The Labute approximate surface area is 220 Å². The summed E-state index contributed by atoms with van der Waals surface area (Å²) in [5.74, 6) is 0.0726. The van der Waals surface area contributed by atoms with Gasteiger partial charge in [-0.2, -0.15) is 5.26 Å². The van der Waals surface area contributed by atoms with Crippen molar-refractivity contribution in [3.05, 3.63) is 100.0 Å². The van der Waals surface area contributed by atoms with Crippen molar-refractivity contribution < 1.29 is 14.5 Å². The molecule has 0 saturated heterocycles. The molecule has 1 amide bonds. The Balaban J connectivity index is 1.75. The molecule has 7 nitrogen and oxygen atoms in total. The first kappa shape index (κ1) is 24.9. The fraction of sp³-hybridized carbons (Fsp3) is 0.0435. The van der Waals surface area contributed by atoms with Crippen LogP contribution < -0.4 is 10.1 Å². The van der Waals surface area contributed by atoms with Gasteiger partial charge >= 0.3 is 0 Å². The molecule has 0 bridgehead atoms. The van der Waals surface area contributed by atoms with Crippen LogP contribution in [0.1, 0.15) is 11.1 Å². The minimum atomic E-state index is -0.514. The summed E-state index contributed by atoms with van der Waals surface area (Å²) in [6, 6.07) is 18.7. The van der Waals surface area contributed by atoms with Crippen molar-refractivity contribution in [3.8, 4) is 11.8 Å². The number of benzene rings is 3.